The van der Waals surface area contributed by atoms with Crippen molar-refractivity contribution >= 4 is 37.6 Å². The number of fused-ring (bicyclic) bond motifs is 2. The number of benzene rings is 3. The molecule has 0 unspecified atom stereocenters. The van der Waals surface area contributed by atoms with Gasteiger partial charge in [-0.15, -0.1) is 0 Å². The maximum atomic E-state index is 9.87. The number of halogens is 12. The third-order valence-corrected chi connectivity index (χ3v) is 5.74. The van der Waals surface area contributed by atoms with E-state index in [1.54, 1.807) is 28.4 Å². The number of ether oxygens (including phenoxy) is 4. The quantitative estimate of drug-likeness (QED) is 0.0980. The number of hydrogen-bond acceptors (Lipinski definition) is 4. The third kappa shape index (κ3) is 13.4. The predicted molar refractivity (Wildman–Crippen MR) is 159 cm³/mol. The van der Waals surface area contributed by atoms with E-state index in [1.807, 2.05) is 72.8 Å². The average molecular weight is 746 g/mol. The summed E-state index contributed by atoms with van der Waals surface area (Å²) >= 11 is 0. The van der Waals surface area contributed by atoms with Crippen molar-refractivity contribution in [1.29, 1.82) is 0 Å². The van der Waals surface area contributed by atoms with Gasteiger partial charge in [-0.2, -0.15) is 0 Å². The molecule has 0 aliphatic rings. The van der Waals surface area contributed by atoms with Gasteiger partial charge in [0, 0.05) is 24.3 Å². The van der Waals surface area contributed by atoms with Gasteiger partial charge in [0.2, 0.25) is 0 Å². The number of rotatable bonds is 6. The van der Waals surface area contributed by atoms with Crippen LogP contribution in [0, 0.1) is 0 Å². The van der Waals surface area contributed by atoms with Crippen LogP contribution < -0.4 is 18.9 Å². The van der Waals surface area contributed by atoms with Gasteiger partial charge in [0.05, 0.1) is 51.7 Å². The van der Waals surface area contributed by atoms with Crippen LogP contribution in [0.15, 0.2) is 81.6 Å². The minimum atomic E-state index is -10.7. The molecule has 2 aromatic heterocycles. The van der Waals surface area contributed by atoms with Crippen LogP contribution in [-0.2, 0) is 0 Å². The molecule has 0 bridgehead atoms. The normalized spacial score (nSPS) is 14.5. The van der Waals surface area contributed by atoms with Crippen LogP contribution in [0.1, 0.15) is 0 Å². The summed E-state index contributed by atoms with van der Waals surface area (Å²) in [5.74, 6) is 4.15. The molecule has 3 aromatic carbocycles. The SMILES string of the molecule is COc1cc(OC)c2ccc(-c3cccc(-c4ccc5c(OC)cc(OC)cc5[o+]4)c3)[o+]c2c1.F[P-](F)(F)(F)(F)F.F[P-](F)(F)(F)(F)F. The molecule has 0 amide bonds. The Balaban J connectivity index is 0.000000376. The van der Waals surface area contributed by atoms with E-state index in [2.05, 4.69) is 0 Å². The van der Waals surface area contributed by atoms with Gasteiger partial charge in [-0.1, -0.05) is 6.07 Å². The van der Waals surface area contributed by atoms with Gasteiger partial charge < -0.3 is 18.9 Å². The van der Waals surface area contributed by atoms with Gasteiger partial charge in [0.15, 0.2) is 0 Å². The second-order valence-electron chi connectivity index (χ2n) is 9.58. The first-order chi connectivity index (χ1) is 21.5. The summed E-state index contributed by atoms with van der Waals surface area (Å²) in [4.78, 5) is 0. The molecular weight excluding hydrogens is 722 g/mol. The van der Waals surface area contributed by atoms with Crippen molar-refractivity contribution in [3.63, 3.8) is 0 Å². The first-order valence-corrected chi connectivity index (χ1v) is 16.8. The number of hydrogen-bond donors (Lipinski definition) is 0. The fourth-order valence-corrected chi connectivity index (χ4v) is 3.98. The molecule has 0 spiro atoms. The summed E-state index contributed by atoms with van der Waals surface area (Å²) in [6, 6.07) is 23.2. The van der Waals surface area contributed by atoms with Crippen LogP contribution in [0.3, 0.4) is 0 Å². The molecule has 0 fully saturated rings. The molecule has 2 heterocycles. The van der Waals surface area contributed by atoms with E-state index in [4.69, 9.17) is 27.8 Å². The summed E-state index contributed by atoms with van der Waals surface area (Å²) < 4.78 is 153. The Morgan fingerprint density at radius 2 is 0.771 bits per heavy atom. The first-order valence-electron chi connectivity index (χ1n) is 12.7. The standard InChI is InChI=1S/C28H24O6.2F6P/c1-29-19-13-25(31-3)21-8-10-23(33-27(21)15-19)17-6-5-7-18(12-17)24-11-9-22-26(32-4)14-20(30-2)16-28(22)34-24;2*1-7(2,3,4,5)6/h5-16H,1-4H3;;/q+2;2*-1. The molecular formula is C28H24F12O6P2. The zero-order chi connectivity index (χ0) is 36.5. The molecule has 6 nitrogen and oxygen atoms in total. The Bertz CT molecular complexity index is 1810. The van der Waals surface area contributed by atoms with Crippen LogP contribution in [0.2, 0.25) is 0 Å². The van der Waals surface area contributed by atoms with Gasteiger partial charge in [-0.05, 0) is 30.3 Å². The summed E-state index contributed by atoms with van der Waals surface area (Å²) in [6.07, 6.45) is 0. The van der Waals surface area contributed by atoms with Crippen molar-refractivity contribution in [3.8, 4) is 45.6 Å². The molecule has 0 radical (unpaired) electrons. The fraction of sp³-hybridized carbons (Fsp3) is 0.143. The average Bonchev–Trinajstić information content (AvgIpc) is 2.96. The van der Waals surface area contributed by atoms with Gasteiger partial charge >= 0.3 is 88.7 Å². The molecule has 0 aliphatic carbocycles. The van der Waals surface area contributed by atoms with Gasteiger partial charge in [0.1, 0.15) is 33.8 Å². The first kappa shape index (κ1) is 38.2. The van der Waals surface area contributed by atoms with Crippen LogP contribution in [0.4, 0.5) is 50.4 Å². The van der Waals surface area contributed by atoms with Crippen molar-refractivity contribution in [2.45, 2.75) is 0 Å². The topological polar surface area (TPSA) is 59.5 Å². The second-order valence-corrected chi connectivity index (χ2v) is 13.4. The van der Waals surface area contributed by atoms with E-state index in [1.165, 1.54) is 0 Å². The summed E-state index contributed by atoms with van der Waals surface area (Å²) in [5, 5.41) is 1.74. The van der Waals surface area contributed by atoms with E-state index in [0.29, 0.717) is 45.7 Å². The van der Waals surface area contributed by atoms with Crippen LogP contribution >= 0.6 is 15.6 Å². The van der Waals surface area contributed by atoms with E-state index in [9.17, 15) is 50.4 Å². The van der Waals surface area contributed by atoms with Crippen molar-refractivity contribution in [1.82, 2.24) is 0 Å². The van der Waals surface area contributed by atoms with Gasteiger partial charge in [0.25, 0.3) is 0 Å². The molecule has 0 saturated heterocycles. The van der Waals surface area contributed by atoms with E-state index >= 15 is 0 Å². The van der Waals surface area contributed by atoms with Gasteiger partial charge in [-0.25, -0.2) is 8.83 Å². The van der Waals surface area contributed by atoms with E-state index in [0.717, 1.165) is 21.9 Å². The van der Waals surface area contributed by atoms with E-state index in [-0.39, 0.29) is 0 Å². The molecule has 20 heteroatoms. The fourth-order valence-electron chi connectivity index (χ4n) is 3.98. The Labute approximate surface area is 262 Å². The van der Waals surface area contributed by atoms with Crippen LogP contribution in [-0.4, -0.2) is 28.4 Å². The molecule has 5 rings (SSSR count). The maximum absolute atomic E-state index is 10.7. The molecule has 0 atom stereocenters. The van der Waals surface area contributed by atoms with Crippen molar-refractivity contribution in [2.24, 2.45) is 0 Å². The summed E-state index contributed by atoms with van der Waals surface area (Å²) in [7, 11) is -14.8. The van der Waals surface area contributed by atoms with Crippen LogP contribution in [0.5, 0.6) is 23.0 Å². The summed E-state index contributed by atoms with van der Waals surface area (Å²) in [6.45, 7) is 0. The third-order valence-electron chi connectivity index (χ3n) is 5.74. The van der Waals surface area contributed by atoms with Crippen LogP contribution in [0.25, 0.3) is 44.6 Å². The Hall–Kier alpha value is -4.30. The minimum absolute atomic E-state index is 0.667. The predicted octanol–water partition coefficient (Wildman–Crippen LogP) is 13.9. The Kier molecular flexibility index (Phi) is 9.29. The summed E-state index contributed by atoms with van der Waals surface area (Å²) in [5.41, 5.74) is 3.18. The molecule has 0 N–H and O–H groups in total. The molecule has 266 valence electrons. The van der Waals surface area contributed by atoms with Crippen molar-refractivity contribution in [2.75, 3.05) is 28.4 Å². The van der Waals surface area contributed by atoms with E-state index < -0.39 is 15.6 Å². The molecule has 5 aromatic rings. The van der Waals surface area contributed by atoms with Gasteiger partial charge in [-0.3, -0.25) is 0 Å². The second kappa shape index (κ2) is 11.7. The molecule has 48 heavy (non-hydrogen) atoms. The number of methoxy groups -OCH3 is 4. The van der Waals surface area contributed by atoms with Crippen molar-refractivity contribution in [3.05, 3.63) is 72.8 Å². The zero-order valence-electron chi connectivity index (χ0n) is 24.8. The monoisotopic (exact) mass is 746 g/mol. The molecule has 0 aliphatic heterocycles. The zero-order valence-corrected chi connectivity index (χ0v) is 26.6. The Morgan fingerprint density at radius 3 is 1.06 bits per heavy atom. The Morgan fingerprint density at radius 1 is 0.438 bits per heavy atom. The van der Waals surface area contributed by atoms with Crippen molar-refractivity contribution < 1.29 is 78.1 Å². The molecule has 0 saturated carbocycles.